The third kappa shape index (κ3) is 3.21. The number of nitrogens with zero attached hydrogens (tertiary/aromatic N) is 4. The van der Waals surface area contributed by atoms with Gasteiger partial charge in [-0.3, -0.25) is 9.48 Å². The Bertz CT molecular complexity index is 1640. The average Bonchev–Trinajstić information content (AvgIpc) is 3.23. The van der Waals surface area contributed by atoms with Crippen molar-refractivity contribution in [1.82, 2.24) is 20.0 Å². The summed E-state index contributed by atoms with van der Waals surface area (Å²) in [6.45, 7) is 12.0. The van der Waals surface area contributed by atoms with Crippen LogP contribution in [0.1, 0.15) is 25.1 Å². The summed E-state index contributed by atoms with van der Waals surface area (Å²) in [4.78, 5) is 16.5. The highest BCUT2D eigenvalue weighted by Gasteiger charge is 2.20. The number of aromatic nitrogens is 4. The van der Waals surface area contributed by atoms with E-state index in [1.165, 1.54) is 0 Å². The summed E-state index contributed by atoms with van der Waals surface area (Å²) >= 11 is 0. The number of aryl methyl sites for hydroxylation is 3. The van der Waals surface area contributed by atoms with Gasteiger partial charge in [-0.05, 0) is 40.8 Å². The second-order valence-electron chi connectivity index (χ2n) is 8.09. The van der Waals surface area contributed by atoms with Crippen LogP contribution in [0.3, 0.4) is 0 Å². The maximum atomic E-state index is 12.6. The van der Waals surface area contributed by atoms with E-state index in [0.29, 0.717) is 17.5 Å². The van der Waals surface area contributed by atoms with Gasteiger partial charge in [0.2, 0.25) is 5.69 Å². The molecule has 2 aromatic heterocycles. The minimum absolute atomic E-state index is 0.165. The molecule has 6 heteroatoms. The van der Waals surface area contributed by atoms with Crippen molar-refractivity contribution in [2.24, 2.45) is 7.05 Å². The fourth-order valence-electron chi connectivity index (χ4n) is 4.67. The summed E-state index contributed by atoms with van der Waals surface area (Å²) in [6, 6.07) is 16.1. The quantitative estimate of drug-likeness (QED) is 0.363. The maximum Gasteiger partial charge on any atom is 0.272 e. The Hall–Kier alpha value is -4.24. The first kappa shape index (κ1) is 20.7. The zero-order chi connectivity index (χ0) is 23.1. The Morgan fingerprint density at radius 3 is 2.61 bits per heavy atom. The molecule has 0 amide bonds. The molecule has 5 rings (SSSR count). The Morgan fingerprint density at radius 1 is 1.03 bits per heavy atom. The molecule has 6 nitrogen and oxygen atoms in total. The molecular formula is C27H23N5O. The Morgan fingerprint density at radius 2 is 1.85 bits per heavy atom. The molecule has 0 saturated heterocycles. The van der Waals surface area contributed by atoms with Gasteiger partial charge >= 0.3 is 0 Å². The highest BCUT2D eigenvalue weighted by atomic mass is 16.1. The number of hydrogen-bond donors (Lipinski definition) is 1. The first-order valence-electron chi connectivity index (χ1n) is 11.0. The molecule has 162 valence electrons. The fourth-order valence-corrected chi connectivity index (χ4v) is 4.67. The molecule has 0 unspecified atom stereocenters. The van der Waals surface area contributed by atoms with E-state index < -0.39 is 0 Å². The molecule has 0 bridgehead atoms. The van der Waals surface area contributed by atoms with Crippen LogP contribution in [0, 0.1) is 6.57 Å². The maximum absolute atomic E-state index is 12.6. The number of H-pyrrole nitrogens is 1. The van der Waals surface area contributed by atoms with Crippen LogP contribution in [0.15, 0.2) is 59.5 Å². The van der Waals surface area contributed by atoms with Crippen LogP contribution < -0.4 is 5.56 Å². The molecule has 0 fully saturated rings. The van der Waals surface area contributed by atoms with E-state index in [2.05, 4.69) is 33.1 Å². The van der Waals surface area contributed by atoms with E-state index in [1.807, 2.05) is 67.3 Å². The zero-order valence-corrected chi connectivity index (χ0v) is 18.8. The minimum atomic E-state index is -0.165. The van der Waals surface area contributed by atoms with Gasteiger partial charge in [0.25, 0.3) is 5.56 Å². The van der Waals surface area contributed by atoms with Crippen molar-refractivity contribution in [2.45, 2.75) is 26.7 Å². The molecule has 0 atom stereocenters. The predicted octanol–water partition coefficient (Wildman–Crippen LogP) is 5.82. The van der Waals surface area contributed by atoms with Crippen molar-refractivity contribution in [1.29, 1.82) is 0 Å². The van der Waals surface area contributed by atoms with E-state index in [0.717, 1.165) is 56.2 Å². The Balaban J connectivity index is 1.83. The number of aromatic amines is 1. The molecule has 2 heterocycles. The SMILES string of the molecule is [C-]#[N+]c1c(-c2c(-c3cc(CC)c4c(=O)[nH]nc(CC)c4c3)cnn2C)ccc2ccccc12. The summed E-state index contributed by atoms with van der Waals surface area (Å²) in [7, 11) is 1.90. The van der Waals surface area contributed by atoms with Gasteiger partial charge in [-0.1, -0.05) is 56.3 Å². The number of fused-ring (bicyclic) bond motifs is 2. The standard InChI is InChI=1S/C27H23N5O/c1-5-16-13-18(14-21-23(6-2)30-31-27(33)24(16)21)22-15-29-32(4)26(22)20-12-11-17-9-7-8-10-19(17)25(20)28-3/h7-15H,5-6H2,1-2,4H3,(H,31,33). The van der Waals surface area contributed by atoms with Gasteiger partial charge in [0.15, 0.2) is 0 Å². The topological polar surface area (TPSA) is 67.9 Å². The van der Waals surface area contributed by atoms with Gasteiger partial charge in [-0.2, -0.15) is 10.2 Å². The first-order valence-corrected chi connectivity index (χ1v) is 11.0. The van der Waals surface area contributed by atoms with Crippen molar-refractivity contribution in [3.63, 3.8) is 0 Å². The molecule has 0 radical (unpaired) electrons. The van der Waals surface area contributed by atoms with Crippen molar-refractivity contribution in [3.8, 4) is 22.4 Å². The molecular weight excluding hydrogens is 410 g/mol. The Labute approximate surface area is 191 Å². The van der Waals surface area contributed by atoms with Gasteiger partial charge < -0.3 is 0 Å². The van der Waals surface area contributed by atoms with Crippen LogP contribution >= 0.6 is 0 Å². The van der Waals surface area contributed by atoms with Gasteiger partial charge in [0.05, 0.1) is 29.5 Å². The van der Waals surface area contributed by atoms with Crippen LogP contribution in [-0.4, -0.2) is 20.0 Å². The molecule has 5 aromatic rings. The van der Waals surface area contributed by atoms with Crippen molar-refractivity contribution in [2.75, 3.05) is 0 Å². The average molecular weight is 434 g/mol. The molecule has 0 aliphatic rings. The molecule has 0 aliphatic carbocycles. The lowest BCUT2D eigenvalue weighted by molar-refractivity contribution is 0.776. The number of benzene rings is 3. The van der Waals surface area contributed by atoms with Crippen molar-refractivity contribution < 1.29 is 0 Å². The van der Waals surface area contributed by atoms with E-state index in [4.69, 9.17) is 6.57 Å². The highest BCUT2D eigenvalue weighted by Crippen LogP contribution is 2.42. The van der Waals surface area contributed by atoms with Crippen LogP contribution in [0.25, 0.3) is 48.8 Å². The fraction of sp³-hybridized carbons (Fsp3) is 0.185. The van der Waals surface area contributed by atoms with E-state index in [9.17, 15) is 4.79 Å². The number of rotatable bonds is 4. The summed E-state index contributed by atoms with van der Waals surface area (Å²) in [5.74, 6) is 0. The predicted molar refractivity (Wildman–Crippen MR) is 133 cm³/mol. The molecule has 1 N–H and O–H groups in total. The smallest absolute Gasteiger partial charge is 0.269 e. The third-order valence-electron chi connectivity index (χ3n) is 6.28. The highest BCUT2D eigenvalue weighted by molar-refractivity contribution is 6.04. The number of hydrogen-bond acceptors (Lipinski definition) is 3. The molecule has 0 spiro atoms. The normalized spacial score (nSPS) is 11.2. The van der Waals surface area contributed by atoms with Crippen molar-refractivity contribution >= 4 is 27.2 Å². The largest absolute Gasteiger partial charge is 0.272 e. The third-order valence-corrected chi connectivity index (χ3v) is 6.28. The van der Waals surface area contributed by atoms with Crippen LogP contribution in [0.4, 0.5) is 5.69 Å². The summed E-state index contributed by atoms with van der Waals surface area (Å²) in [5, 5.41) is 15.0. The lowest BCUT2D eigenvalue weighted by atomic mass is 9.93. The summed E-state index contributed by atoms with van der Waals surface area (Å²) < 4.78 is 1.82. The first-order chi connectivity index (χ1) is 16.1. The summed E-state index contributed by atoms with van der Waals surface area (Å²) in [6.07, 6.45) is 3.27. The monoisotopic (exact) mass is 433 g/mol. The van der Waals surface area contributed by atoms with Gasteiger partial charge in [-0.15, -0.1) is 0 Å². The molecule has 0 aliphatic heterocycles. The Kier molecular flexibility index (Phi) is 5.02. The van der Waals surface area contributed by atoms with Gasteiger partial charge in [-0.25, -0.2) is 9.94 Å². The van der Waals surface area contributed by atoms with Crippen LogP contribution in [-0.2, 0) is 19.9 Å². The van der Waals surface area contributed by atoms with E-state index in [-0.39, 0.29) is 5.56 Å². The van der Waals surface area contributed by atoms with Crippen LogP contribution in [0.2, 0.25) is 0 Å². The second kappa shape index (κ2) is 8.03. The zero-order valence-electron chi connectivity index (χ0n) is 18.8. The summed E-state index contributed by atoms with van der Waals surface area (Å²) in [5.41, 5.74) is 5.90. The second-order valence-corrected chi connectivity index (χ2v) is 8.09. The minimum Gasteiger partial charge on any atom is -0.269 e. The van der Waals surface area contributed by atoms with Crippen molar-refractivity contribution in [3.05, 3.63) is 87.8 Å². The molecule has 33 heavy (non-hydrogen) atoms. The lowest BCUT2D eigenvalue weighted by Gasteiger charge is -2.14. The van der Waals surface area contributed by atoms with Gasteiger partial charge in [0, 0.05) is 23.6 Å². The van der Waals surface area contributed by atoms with E-state index in [1.54, 1.807) is 0 Å². The lowest BCUT2D eigenvalue weighted by Crippen LogP contribution is -2.13. The number of nitrogens with one attached hydrogen (secondary N) is 1. The van der Waals surface area contributed by atoms with E-state index >= 15 is 0 Å². The van der Waals surface area contributed by atoms with Crippen LogP contribution in [0.5, 0.6) is 0 Å². The molecule has 0 saturated carbocycles. The van der Waals surface area contributed by atoms with Gasteiger partial charge in [0.1, 0.15) is 0 Å². The molecule has 3 aromatic carbocycles.